The van der Waals surface area contributed by atoms with Crippen LogP contribution in [0.4, 0.5) is 5.82 Å². The van der Waals surface area contributed by atoms with Gasteiger partial charge in [0, 0.05) is 22.9 Å². The van der Waals surface area contributed by atoms with Crippen LogP contribution in [0.3, 0.4) is 0 Å². The molecule has 0 spiro atoms. The number of aryl methyl sites for hydroxylation is 2. The fraction of sp³-hybridized carbons (Fsp3) is 0.429. The Labute approximate surface area is 149 Å². The highest BCUT2D eigenvalue weighted by molar-refractivity contribution is 5.81. The zero-order valence-corrected chi connectivity index (χ0v) is 15.3. The standard InChI is InChI=1S/C21H26N4/c1-4-14(2)22-20-17-12-8-9-13-18(17)23-21-19(15(3)24-25(20)21)16-10-6-5-7-11-16/h5-7,10-11,14,22H,4,8-9,12-13H2,1-3H3/t14-/m0/s1. The van der Waals surface area contributed by atoms with Crippen LogP contribution in [-0.2, 0) is 12.8 Å². The van der Waals surface area contributed by atoms with E-state index in [-0.39, 0.29) is 0 Å². The van der Waals surface area contributed by atoms with Gasteiger partial charge in [0.05, 0.1) is 5.69 Å². The second kappa shape index (κ2) is 6.51. The second-order valence-electron chi connectivity index (χ2n) is 7.11. The molecule has 130 valence electrons. The minimum absolute atomic E-state index is 0.418. The van der Waals surface area contributed by atoms with Gasteiger partial charge in [0.2, 0.25) is 0 Å². The lowest BCUT2D eigenvalue weighted by Gasteiger charge is -2.23. The van der Waals surface area contributed by atoms with Crippen LogP contribution in [-0.4, -0.2) is 20.6 Å². The van der Waals surface area contributed by atoms with Crippen LogP contribution in [0.2, 0.25) is 0 Å². The third kappa shape index (κ3) is 2.80. The Morgan fingerprint density at radius 1 is 1.16 bits per heavy atom. The highest BCUT2D eigenvalue weighted by Crippen LogP contribution is 2.34. The summed E-state index contributed by atoms with van der Waals surface area (Å²) < 4.78 is 2.05. The van der Waals surface area contributed by atoms with Gasteiger partial charge in [0.15, 0.2) is 5.65 Å². The Morgan fingerprint density at radius 2 is 1.92 bits per heavy atom. The maximum absolute atomic E-state index is 5.07. The molecular formula is C21H26N4. The molecule has 0 amide bonds. The normalized spacial score (nSPS) is 15.2. The maximum atomic E-state index is 5.07. The lowest BCUT2D eigenvalue weighted by molar-refractivity contribution is 0.655. The lowest BCUT2D eigenvalue weighted by Crippen LogP contribution is -2.21. The molecule has 2 heterocycles. The van der Waals surface area contributed by atoms with Crippen molar-refractivity contribution in [2.45, 2.75) is 58.9 Å². The largest absolute Gasteiger partial charge is 0.367 e. The number of rotatable bonds is 4. The average Bonchev–Trinajstić information content (AvgIpc) is 2.97. The molecule has 0 radical (unpaired) electrons. The van der Waals surface area contributed by atoms with E-state index in [1.54, 1.807) is 0 Å². The van der Waals surface area contributed by atoms with Crippen molar-refractivity contribution in [2.24, 2.45) is 0 Å². The summed E-state index contributed by atoms with van der Waals surface area (Å²) in [5.41, 5.74) is 6.97. The van der Waals surface area contributed by atoms with E-state index in [9.17, 15) is 0 Å². The van der Waals surface area contributed by atoms with E-state index in [1.807, 2.05) is 4.52 Å². The first-order chi connectivity index (χ1) is 12.2. The minimum atomic E-state index is 0.418. The first kappa shape index (κ1) is 16.1. The molecule has 0 unspecified atom stereocenters. The van der Waals surface area contributed by atoms with Gasteiger partial charge in [-0.1, -0.05) is 37.3 Å². The topological polar surface area (TPSA) is 42.2 Å². The van der Waals surface area contributed by atoms with Crippen LogP contribution in [0.15, 0.2) is 30.3 Å². The lowest BCUT2D eigenvalue weighted by atomic mass is 9.96. The number of nitrogens with zero attached hydrogens (tertiary/aromatic N) is 3. The Kier molecular flexibility index (Phi) is 4.20. The highest BCUT2D eigenvalue weighted by atomic mass is 15.3. The monoisotopic (exact) mass is 334 g/mol. The maximum Gasteiger partial charge on any atom is 0.165 e. The van der Waals surface area contributed by atoms with Gasteiger partial charge in [-0.2, -0.15) is 9.61 Å². The average molecular weight is 334 g/mol. The van der Waals surface area contributed by atoms with Crippen LogP contribution >= 0.6 is 0 Å². The summed E-state index contributed by atoms with van der Waals surface area (Å²) in [5, 5.41) is 8.59. The first-order valence-corrected chi connectivity index (χ1v) is 9.42. The zero-order valence-electron chi connectivity index (χ0n) is 15.3. The minimum Gasteiger partial charge on any atom is -0.367 e. The Morgan fingerprint density at radius 3 is 2.68 bits per heavy atom. The van der Waals surface area contributed by atoms with Gasteiger partial charge in [-0.25, -0.2) is 4.98 Å². The van der Waals surface area contributed by atoms with Crippen molar-refractivity contribution in [2.75, 3.05) is 5.32 Å². The van der Waals surface area contributed by atoms with E-state index in [0.717, 1.165) is 42.0 Å². The Bertz CT molecular complexity index is 895. The van der Waals surface area contributed by atoms with Crippen molar-refractivity contribution in [1.29, 1.82) is 0 Å². The van der Waals surface area contributed by atoms with Crippen LogP contribution in [0.5, 0.6) is 0 Å². The molecular weight excluding hydrogens is 308 g/mol. The molecule has 1 atom stereocenters. The van der Waals surface area contributed by atoms with Crippen LogP contribution in [0.1, 0.15) is 50.1 Å². The molecule has 1 aliphatic carbocycles. The van der Waals surface area contributed by atoms with Crippen LogP contribution < -0.4 is 5.32 Å². The third-order valence-electron chi connectivity index (χ3n) is 5.27. The molecule has 4 heteroatoms. The van der Waals surface area contributed by atoms with Crippen molar-refractivity contribution in [3.05, 3.63) is 47.3 Å². The van der Waals surface area contributed by atoms with Crippen molar-refractivity contribution >= 4 is 11.5 Å². The molecule has 1 N–H and O–H groups in total. The van der Waals surface area contributed by atoms with Gasteiger partial charge < -0.3 is 5.32 Å². The molecule has 2 aromatic heterocycles. The highest BCUT2D eigenvalue weighted by Gasteiger charge is 2.23. The third-order valence-corrected chi connectivity index (χ3v) is 5.27. The van der Waals surface area contributed by atoms with Gasteiger partial charge in [-0.05, 0) is 51.5 Å². The molecule has 0 saturated heterocycles. The summed E-state index contributed by atoms with van der Waals surface area (Å²) in [7, 11) is 0. The smallest absolute Gasteiger partial charge is 0.165 e. The van der Waals surface area contributed by atoms with Gasteiger partial charge in [-0.3, -0.25) is 0 Å². The van der Waals surface area contributed by atoms with E-state index in [1.165, 1.54) is 29.7 Å². The quantitative estimate of drug-likeness (QED) is 0.745. The Hall–Kier alpha value is -2.36. The van der Waals surface area contributed by atoms with E-state index in [0.29, 0.717) is 6.04 Å². The summed E-state index contributed by atoms with van der Waals surface area (Å²) in [6, 6.07) is 10.9. The van der Waals surface area contributed by atoms with E-state index >= 15 is 0 Å². The zero-order chi connectivity index (χ0) is 17.4. The van der Waals surface area contributed by atoms with E-state index in [2.05, 4.69) is 56.4 Å². The second-order valence-corrected chi connectivity index (χ2v) is 7.11. The van der Waals surface area contributed by atoms with Crippen molar-refractivity contribution in [1.82, 2.24) is 14.6 Å². The Balaban J connectivity index is 1.98. The van der Waals surface area contributed by atoms with E-state index < -0.39 is 0 Å². The number of anilines is 1. The molecule has 25 heavy (non-hydrogen) atoms. The number of hydrogen-bond acceptors (Lipinski definition) is 3. The summed E-state index contributed by atoms with van der Waals surface area (Å²) in [5.74, 6) is 1.15. The molecule has 0 saturated carbocycles. The van der Waals surface area contributed by atoms with Gasteiger partial charge in [-0.15, -0.1) is 0 Å². The van der Waals surface area contributed by atoms with Crippen molar-refractivity contribution < 1.29 is 0 Å². The van der Waals surface area contributed by atoms with Crippen LogP contribution in [0.25, 0.3) is 16.8 Å². The SMILES string of the molecule is CC[C@H](C)Nc1c2c(nc3c(-c4ccccc4)c(C)nn13)CCCC2. The van der Waals surface area contributed by atoms with Crippen molar-refractivity contribution in [3.8, 4) is 11.1 Å². The number of fused-ring (bicyclic) bond motifs is 2. The fourth-order valence-electron chi connectivity index (χ4n) is 3.72. The predicted molar refractivity (Wildman–Crippen MR) is 103 cm³/mol. The van der Waals surface area contributed by atoms with Crippen LogP contribution in [0, 0.1) is 6.92 Å². The molecule has 1 aliphatic rings. The fourth-order valence-corrected chi connectivity index (χ4v) is 3.72. The number of hydrogen-bond donors (Lipinski definition) is 1. The van der Waals surface area contributed by atoms with Crippen molar-refractivity contribution in [3.63, 3.8) is 0 Å². The summed E-state index contributed by atoms with van der Waals surface area (Å²) in [4.78, 5) is 5.07. The molecule has 4 rings (SSSR count). The number of benzene rings is 1. The molecule has 3 aromatic rings. The van der Waals surface area contributed by atoms with Gasteiger partial charge in [0.25, 0.3) is 0 Å². The molecule has 0 fully saturated rings. The molecule has 0 bridgehead atoms. The predicted octanol–water partition coefficient (Wildman–Crippen LogP) is 4.79. The van der Waals surface area contributed by atoms with Gasteiger partial charge in [0.1, 0.15) is 5.82 Å². The number of nitrogens with one attached hydrogen (secondary N) is 1. The summed E-state index contributed by atoms with van der Waals surface area (Å²) >= 11 is 0. The van der Waals surface area contributed by atoms with Gasteiger partial charge >= 0.3 is 0 Å². The molecule has 1 aromatic carbocycles. The first-order valence-electron chi connectivity index (χ1n) is 9.42. The van der Waals surface area contributed by atoms with E-state index in [4.69, 9.17) is 10.1 Å². The molecule has 4 nitrogen and oxygen atoms in total. The number of aromatic nitrogens is 3. The summed E-state index contributed by atoms with van der Waals surface area (Å²) in [6.07, 6.45) is 5.72. The molecule has 0 aliphatic heterocycles. The summed E-state index contributed by atoms with van der Waals surface area (Å²) in [6.45, 7) is 6.53.